The van der Waals surface area contributed by atoms with Gasteiger partial charge in [-0.25, -0.2) is 9.49 Å². The third-order valence-corrected chi connectivity index (χ3v) is 2.42. The van der Waals surface area contributed by atoms with Crippen molar-refractivity contribution in [1.82, 2.24) is 10.2 Å². The molecule has 0 saturated carbocycles. The van der Waals surface area contributed by atoms with E-state index in [0.717, 1.165) is 6.07 Å². The standard InChI is InChI=1S/C10H5Cl2FN2O/c11-5-1-2-6(8(13)3-5)7-4-9(12)14-15-10(7)16/h1-4H,(H,15,16). The molecule has 0 aliphatic heterocycles. The van der Waals surface area contributed by atoms with Gasteiger partial charge in [-0.2, -0.15) is 5.10 Å². The van der Waals surface area contributed by atoms with Crippen LogP contribution in [0, 0.1) is 5.82 Å². The van der Waals surface area contributed by atoms with Crippen molar-refractivity contribution in [3.8, 4) is 11.1 Å². The van der Waals surface area contributed by atoms with E-state index in [0.29, 0.717) is 0 Å². The maximum absolute atomic E-state index is 13.5. The van der Waals surface area contributed by atoms with E-state index in [1.54, 1.807) is 0 Å². The minimum Gasteiger partial charge on any atom is -0.267 e. The summed E-state index contributed by atoms with van der Waals surface area (Å²) in [6.45, 7) is 0. The molecule has 0 amide bonds. The van der Waals surface area contributed by atoms with Gasteiger partial charge in [0, 0.05) is 10.6 Å². The third kappa shape index (κ3) is 2.08. The second-order valence-corrected chi connectivity index (χ2v) is 3.88. The highest BCUT2D eigenvalue weighted by molar-refractivity contribution is 6.30. The van der Waals surface area contributed by atoms with E-state index in [4.69, 9.17) is 23.2 Å². The smallest absolute Gasteiger partial charge is 0.267 e. The van der Waals surface area contributed by atoms with Gasteiger partial charge in [-0.05, 0) is 24.3 Å². The molecule has 1 aromatic heterocycles. The van der Waals surface area contributed by atoms with Crippen LogP contribution in [0.2, 0.25) is 10.2 Å². The summed E-state index contributed by atoms with van der Waals surface area (Å²) in [5, 5.41) is 6.01. The maximum Gasteiger partial charge on any atom is 0.272 e. The van der Waals surface area contributed by atoms with Crippen LogP contribution in [0.3, 0.4) is 0 Å². The second-order valence-electron chi connectivity index (χ2n) is 3.06. The van der Waals surface area contributed by atoms with Crippen molar-refractivity contribution in [1.29, 1.82) is 0 Å². The molecule has 0 aliphatic carbocycles. The fourth-order valence-electron chi connectivity index (χ4n) is 1.29. The summed E-state index contributed by atoms with van der Waals surface area (Å²) in [6, 6.07) is 5.34. The molecular weight excluding hydrogens is 254 g/mol. The lowest BCUT2D eigenvalue weighted by atomic mass is 10.1. The van der Waals surface area contributed by atoms with Crippen molar-refractivity contribution >= 4 is 23.2 Å². The number of aromatic amines is 1. The highest BCUT2D eigenvalue weighted by Crippen LogP contribution is 2.23. The van der Waals surface area contributed by atoms with E-state index >= 15 is 0 Å². The lowest BCUT2D eigenvalue weighted by Crippen LogP contribution is -2.11. The zero-order valence-electron chi connectivity index (χ0n) is 7.80. The van der Waals surface area contributed by atoms with Crippen LogP contribution in [0.15, 0.2) is 29.1 Å². The lowest BCUT2D eigenvalue weighted by molar-refractivity contribution is 0.631. The first-order valence-electron chi connectivity index (χ1n) is 4.28. The fraction of sp³-hybridized carbons (Fsp3) is 0. The predicted molar refractivity (Wildman–Crippen MR) is 60.3 cm³/mol. The van der Waals surface area contributed by atoms with Crippen LogP contribution in [0.5, 0.6) is 0 Å². The number of hydrogen-bond donors (Lipinski definition) is 1. The molecular formula is C10H5Cl2FN2O. The number of benzene rings is 1. The first-order chi connectivity index (χ1) is 7.58. The molecule has 0 aliphatic rings. The van der Waals surface area contributed by atoms with Crippen LogP contribution < -0.4 is 5.56 Å². The fourth-order valence-corrected chi connectivity index (χ4v) is 1.60. The number of hydrogen-bond acceptors (Lipinski definition) is 2. The molecule has 2 rings (SSSR count). The van der Waals surface area contributed by atoms with Crippen molar-refractivity contribution in [3.05, 3.63) is 50.6 Å². The Morgan fingerprint density at radius 2 is 1.94 bits per heavy atom. The zero-order valence-corrected chi connectivity index (χ0v) is 9.31. The maximum atomic E-state index is 13.5. The molecule has 0 atom stereocenters. The molecule has 0 bridgehead atoms. The minimum absolute atomic E-state index is 0.0870. The summed E-state index contributed by atoms with van der Waals surface area (Å²) in [7, 11) is 0. The van der Waals surface area contributed by atoms with Crippen LogP contribution >= 0.6 is 23.2 Å². The van der Waals surface area contributed by atoms with Crippen molar-refractivity contribution < 1.29 is 4.39 Å². The van der Waals surface area contributed by atoms with Gasteiger partial charge in [-0.1, -0.05) is 23.2 Å². The molecule has 0 fully saturated rings. The van der Waals surface area contributed by atoms with E-state index in [2.05, 4.69) is 10.2 Å². The average Bonchev–Trinajstić information content (AvgIpc) is 2.22. The van der Waals surface area contributed by atoms with E-state index in [9.17, 15) is 9.18 Å². The Kier molecular flexibility index (Phi) is 2.94. The van der Waals surface area contributed by atoms with Crippen LogP contribution in [-0.2, 0) is 0 Å². The van der Waals surface area contributed by atoms with Gasteiger partial charge in [0.25, 0.3) is 5.56 Å². The second kappa shape index (κ2) is 4.23. The average molecular weight is 259 g/mol. The van der Waals surface area contributed by atoms with Crippen LogP contribution in [0.4, 0.5) is 4.39 Å². The quantitative estimate of drug-likeness (QED) is 0.855. The highest BCUT2D eigenvalue weighted by Gasteiger charge is 2.10. The lowest BCUT2D eigenvalue weighted by Gasteiger charge is -2.02. The number of aromatic nitrogens is 2. The van der Waals surface area contributed by atoms with Gasteiger partial charge in [-0.3, -0.25) is 4.79 Å². The van der Waals surface area contributed by atoms with E-state index in [-0.39, 0.29) is 21.3 Å². The van der Waals surface area contributed by atoms with Gasteiger partial charge in [0.2, 0.25) is 0 Å². The monoisotopic (exact) mass is 258 g/mol. The van der Waals surface area contributed by atoms with E-state index in [1.165, 1.54) is 18.2 Å². The molecule has 3 nitrogen and oxygen atoms in total. The van der Waals surface area contributed by atoms with Gasteiger partial charge in [-0.15, -0.1) is 0 Å². The predicted octanol–water partition coefficient (Wildman–Crippen LogP) is 2.88. The Morgan fingerprint density at radius 1 is 1.19 bits per heavy atom. The Balaban J connectivity index is 2.67. The highest BCUT2D eigenvalue weighted by atomic mass is 35.5. The Morgan fingerprint density at radius 3 is 2.62 bits per heavy atom. The molecule has 6 heteroatoms. The van der Waals surface area contributed by atoms with Crippen molar-refractivity contribution in [2.45, 2.75) is 0 Å². The molecule has 1 aromatic carbocycles. The summed E-state index contributed by atoms with van der Waals surface area (Å²) in [4.78, 5) is 11.4. The van der Waals surface area contributed by atoms with E-state index < -0.39 is 11.4 Å². The van der Waals surface area contributed by atoms with Crippen LogP contribution in [0.25, 0.3) is 11.1 Å². The first-order valence-corrected chi connectivity index (χ1v) is 5.04. The van der Waals surface area contributed by atoms with Gasteiger partial charge in [0.05, 0.1) is 5.56 Å². The van der Waals surface area contributed by atoms with Crippen LogP contribution in [-0.4, -0.2) is 10.2 Å². The van der Waals surface area contributed by atoms with Gasteiger partial charge in [0.15, 0.2) is 0 Å². The third-order valence-electron chi connectivity index (χ3n) is 1.99. The minimum atomic E-state index is -0.583. The largest absolute Gasteiger partial charge is 0.272 e. The molecule has 1 heterocycles. The van der Waals surface area contributed by atoms with Gasteiger partial charge in [0.1, 0.15) is 11.0 Å². The molecule has 0 unspecified atom stereocenters. The number of nitrogens with zero attached hydrogens (tertiary/aromatic N) is 1. The molecule has 0 spiro atoms. The van der Waals surface area contributed by atoms with Crippen molar-refractivity contribution in [3.63, 3.8) is 0 Å². The molecule has 0 radical (unpaired) electrons. The van der Waals surface area contributed by atoms with Gasteiger partial charge >= 0.3 is 0 Å². The topological polar surface area (TPSA) is 45.8 Å². The summed E-state index contributed by atoms with van der Waals surface area (Å²) in [5.74, 6) is -0.583. The molecule has 0 saturated heterocycles. The summed E-state index contributed by atoms with van der Waals surface area (Å²) >= 11 is 11.2. The molecule has 1 N–H and O–H groups in total. The summed E-state index contributed by atoms with van der Waals surface area (Å²) in [6.07, 6.45) is 0. The van der Waals surface area contributed by atoms with Gasteiger partial charge < -0.3 is 0 Å². The van der Waals surface area contributed by atoms with Crippen molar-refractivity contribution in [2.24, 2.45) is 0 Å². The molecule has 2 aromatic rings. The Bertz CT molecular complexity index is 598. The number of halogens is 3. The zero-order chi connectivity index (χ0) is 11.7. The van der Waals surface area contributed by atoms with Crippen molar-refractivity contribution in [2.75, 3.05) is 0 Å². The summed E-state index contributed by atoms with van der Waals surface area (Å²) in [5.41, 5.74) is -0.255. The van der Waals surface area contributed by atoms with Crippen LogP contribution in [0.1, 0.15) is 0 Å². The SMILES string of the molecule is O=c1[nH]nc(Cl)cc1-c1ccc(Cl)cc1F. The number of rotatable bonds is 1. The molecule has 82 valence electrons. The first kappa shape index (κ1) is 11.1. The number of H-pyrrole nitrogens is 1. The normalized spacial score (nSPS) is 10.4. The Hall–Kier alpha value is -1.39. The molecule has 16 heavy (non-hydrogen) atoms. The number of nitrogens with one attached hydrogen (secondary N) is 1. The Labute approximate surface area is 99.8 Å². The van der Waals surface area contributed by atoms with E-state index in [1.807, 2.05) is 0 Å². The summed E-state index contributed by atoms with van der Waals surface area (Å²) < 4.78 is 13.5.